The summed E-state index contributed by atoms with van der Waals surface area (Å²) in [7, 11) is 0. The maximum atomic E-state index is 12.6. The van der Waals surface area contributed by atoms with Gasteiger partial charge in [-0.2, -0.15) is 0 Å². The van der Waals surface area contributed by atoms with Crippen molar-refractivity contribution >= 4 is 34.8 Å². The van der Waals surface area contributed by atoms with E-state index in [4.69, 9.17) is 0 Å². The van der Waals surface area contributed by atoms with Gasteiger partial charge >= 0.3 is 0 Å². The van der Waals surface area contributed by atoms with Crippen molar-refractivity contribution in [2.24, 2.45) is 0 Å². The first kappa shape index (κ1) is 18.2. The Morgan fingerprint density at radius 3 is 2.11 bits per heavy atom. The Balaban J connectivity index is 1.46. The Hall–Kier alpha value is -3.15. The van der Waals surface area contributed by atoms with Crippen LogP contribution >= 0.6 is 0 Å². The predicted molar refractivity (Wildman–Crippen MR) is 109 cm³/mol. The van der Waals surface area contributed by atoms with Gasteiger partial charge in [0.2, 0.25) is 11.8 Å². The van der Waals surface area contributed by atoms with Crippen LogP contribution in [0.25, 0.3) is 0 Å². The minimum Gasteiger partial charge on any atom is -0.372 e. The van der Waals surface area contributed by atoms with Gasteiger partial charge in [-0.3, -0.25) is 19.3 Å². The van der Waals surface area contributed by atoms with Crippen LogP contribution in [0.1, 0.15) is 41.6 Å². The van der Waals surface area contributed by atoms with E-state index in [1.54, 1.807) is 24.3 Å². The molecule has 6 heteroatoms. The summed E-state index contributed by atoms with van der Waals surface area (Å²) in [5.41, 5.74) is 3.97. The lowest BCUT2D eigenvalue weighted by Gasteiger charge is -2.19. The number of nitrogens with zero attached hydrogens (tertiary/aromatic N) is 2. The second-order valence-electron chi connectivity index (χ2n) is 7.32. The van der Waals surface area contributed by atoms with Crippen molar-refractivity contribution < 1.29 is 14.4 Å². The molecular weight excluding hydrogens is 354 g/mol. The number of carbonyl (C=O) groups excluding carboxylic acids is 3. The molecular formula is C22H23N3O3. The quantitative estimate of drug-likeness (QED) is 0.828. The molecule has 4 rings (SSSR count). The number of benzene rings is 2. The van der Waals surface area contributed by atoms with Crippen molar-refractivity contribution in [1.29, 1.82) is 0 Å². The fraction of sp³-hybridized carbons (Fsp3) is 0.318. The number of carbonyl (C=O) groups is 3. The van der Waals surface area contributed by atoms with Crippen molar-refractivity contribution in [2.45, 2.75) is 32.6 Å². The molecule has 0 aromatic heterocycles. The van der Waals surface area contributed by atoms with E-state index in [1.165, 1.54) is 23.4 Å². The summed E-state index contributed by atoms with van der Waals surface area (Å²) in [4.78, 5) is 39.8. The van der Waals surface area contributed by atoms with Gasteiger partial charge in [-0.05, 0) is 67.8 Å². The Morgan fingerprint density at radius 1 is 0.893 bits per heavy atom. The zero-order valence-corrected chi connectivity index (χ0v) is 15.9. The molecule has 2 heterocycles. The molecule has 0 unspecified atom stereocenters. The third-order valence-corrected chi connectivity index (χ3v) is 5.37. The molecule has 144 valence electrons. The number of nitrogens with one attached hydrogen (secondary N) is 1. The predicted octanol–water partition coefficient (Wildman–Crippen LogP) is 3.50. The van der Waals surface area contributed by atoms with E-state index in [0.717, 1.165) is 24.3 Å². The first-order valence-corrected chi connectivity index (χ1v) is 9.66. The molecule has 0 spiro atoms. The number of imide groups is 1. The second kappa shape index (κ2) is 7.46. The van der Waals surface area contributed by atoms with Crippen LogP contribution in [0.2, 0.25) is 0 Å². The minimum atomic E-state index is -0.220. The normalized spacial score (nSPS) is 16.8. The van der Waals surface area contributed by atoms with Gasteiger partial charge in [0.1, 0.15) is 0 Å². The largest absolute Gasteiger partial charge is 0.372 e. The molecule has 0 radical (unpaired) electrons. The second-order valence-corrected chi connectivity index (χ2v) is 7.32. The molecule has 0 aliphatic carbocycles. The summed E-state index contributed by atoms with van der Waals surface area (Å²) >= 11 is 0. The molecule has 0 atom stereocenters. The SMILES string of the molecule is Cc1cc(N2CCCC2)ccc1NC(=O)c1ccc(N2C(=O)CCC2=O)cc1. The Bertz CT molecular complexity index is 915. The monoisotopic (exact) mass is 377 g/mol. The summed E-state index contributed by atoms with van der Waals surface area (Å²) in [5, 5.41) is 2.95. The molecule has 0 saturated carbocycles. The summed E-state index contributed by atoms with van der Waals surface area (Å²) in [5.74, 6) is -0.616. The van der Waals surface area contributed by atoms with E-state index < -0.39 is 0 Å². The van der Waals surface area contributed by atoms with Gasteiger partial charge in [0.15, 0.2) is 0 Å². The minimum absolute atomic E-state index is 0.198. The average Bonchev–Trinajstić information content (AvgIpc) is 3.34. The van der Waals surface area contributed by atoms with E-state index in [2.05, 4.69) is 16.3 Å². The Kier molecular flexibility index (Phi) is 4.86. The molecule has 6 nitrogen and oxygen atoms in total. The fourth-order valence-electron chi connectivity index (χ4n) is 3.78. The van der Waals surface area contributed by atoms with Gasteiger partial charge in [-0.15, -0.1) is 0 Å². The Labute approximate surface area is 164 Å². The van der Waals surface area contributed by atoms with E-state index >= 15 is 0 Å². The van der Waals surface area contributed by atoms with Crippen LogP contribution in [0.4, 0.5) is 17.1 Å². The lowest BCUT2D eigenvalue weighted by Crippen LogP contribution is -2.28. The van der Waals surface area contributed by atoms with Gasteiger partial charge in [0.05, 0.1) is 5.69 Å². The fourth-order valence-corrected chi connectivity index (χ4v) is 3.78. The van der Waals surface area contributed by atoms with Crippen LogP contribution in [-0.2, 0) is 9.59 Å². The van der Waals surface area contributed by atoms with Gasteiger partial charge < -0.3 is 10.2 Å². The number of aryl methyl sites for hydroxylation is 1. The molecule has 2 aromatic carbocycles. The summed E-state index contributed by atoms with van der Waals surface area (Å²) in [6.07, 6.45) is 2.94. The summed E-state index contributed by atoms with van der Waals surface area (Å²) < 4.78 is 0. The highest BCUT2D eigenvalue weighted by molar-refractivity contribution is 6.20. The van der Waals surface area contributed by atoms with Crippen LogP contribution in [0, 0.1) is 6.92 Å². The zero-order chi connectivity index (χ0) is 19.7. The van der Waals surface area contributed by atoms with Gasteiger partial charge in [0, 0.05) is 42.9 Å². The van der Waals surface area contributed by atoms with Gasteiger partial charge in [0.25, 0.3) is 5.91 Å². The summed E-state index contributed by atoms with van der Waals surface area (Å²) in [6, 6.07) is 12.6. The number of anilines is 3. The van der Waals surface area contributed by atoms with Gasteiger partial charge in [-0.1, -0.05) is 0 Å². The highest BCUT2D eigenvalue weighted by Gasteiger charge is 2.30. The number of hydrogen-bond donors (Lipinski definition) is 1. The highest BCUT2D eigenvalue weighted by Crippen LogP contribution is 2.26. The van der Waals surface area contributed by atoms with Crippen molar-refractivity contribution in [3.8, 4) is 0 Å². The van der Waals surface area contributed by atoms with E-state index in [9.17, 15) is 14.4 Å². The van der Waals surface area contributed by atoms with E-state index in [0.29, 0.717) is 11.3 Å². The lowest BCUT2D eigenvalue weighted by atomic mass is 10.1. The standard InChI is InChI=1S/C22H23N3O3/c1-15-14-18(24-12-2-3-13-24)8-9-19(15)23-22(28)16-4-6-17(7-5-16)25-20(26)10-11-21(25)27/h4-9,14H,2-3,10-13H2,1H3,(H,23,28). The van der Waals surface area contributed by atoms with Crippen molar-refractivity contribution in [1.82, 2.24) is 0 Å². The van der Waals surface area contributed by atoms with Crippen molar-refractivity contribution in [3.63, 3.8) is 0 Å². The van der Waals surface area contributed by atoms with Crippen LogP contribution in [0.15, 0.2) is 42.5 Å². The summed E-state index contributed by atoms with van der Waals surface area (Å²) in [6.45, 7) is 4.15. The average molecular weight is 377 g/mol. The molecule has 1 N–H and O–H groups in total. The van der Waals surface area contributed by atoms with Gasteiger partial charge in [-0.25, -0.2) is 0 Å². The third-order valence-electron chi connectivity index (χ3n) is 5.37. The molecule has 2 aliphatic rings. The maximum Gasteiger partial charge on any atom is 0.255 e. The molecule has 3 amide bonds. The number of rotatable bonds is 4. The van der Waals surface area contributed by atoms with E-state index in [1.807, 2.05) is 19.1 Å². The maximum absolute atomic E-state index is 12.6. The highest BCUT2D eigenvalue weighted by atomic mass is 16.2. The molecule has 2 saturated heterocycles. The topological polar surface area (TPSA) is 69.7 Å². The zero-order valence-electron chi connectivity index (χ0n) is 15.9. The Morgan fingerprint density at radius 2 is 1.50 bits per heavy atom. The first-order valence-electron chi connectivity index (χ1n) is 9.66. The lowest BCUT2D eigenvalue weighted by molar-refractivity contribution is -0.121. The third kappa shape index (κ3) is 3.50. The van der Waals surface area contributed by atoms with E-state index in [-0.39, 0.29) is 30.6 Å². The first-order chi connectivity index (χ1) is 13.5. The smallest absolute Gasteiger partial charge is 0.255 e. The van der Waals surface area contributed by atoms with Crippen molar-refractivity contribution in [3.05, 3.63) is 53.6 Å². The van der Waals surface area contributed by atoms with Crippen LogP contribution in [0.3, 0.4) is 0 Å². The molecule has 2 aliphatic heterocycles. The molecule has 2 fully saturated rings. The molecule has 28 heavy (non-hydrogen) atoms. The van der Waals surface area contributed by atoms with Crippen molar-refractivity contribution in [2.75, 3.05) is 28.2 Å². The number of amides is 3. The number of hydrogen-bond acceptors (Lipinski definition) is 4. The van der Waals surface area contributed by atoms with Crippen LogP contribution in [-0.4, -0.2) is 30.8 Å². The molecule has 2 aromatic rings. The van der Waals surface area contributed by atoms with Crippen LogP contribution in [0.5, 0.6) is 0 Å². The molecule has 0 bridgehead atoms. The van der Waals surface area contributed by atoms with Crippen LogP contribution < -0.4 is 15.1 Å².